The molecule has 2 fully saturated rings. The average molecular weight is 478 g/mol. The highest BCUT2D eigenvalue weighted by atomic mass is 79.9. The molecule has 1 aromatic carbocycles. The van der Waals surface area contributed by atoms with Gasteiger partial charge in [0.05, 0.1) is 6.61 Å². The fourth-order valence-electron chi connectivity index (χ4n) is 3.56. The standard InChI is InChI=1S/C20H26BrClO6/c1-5-13-8-12(6-7-14(13)21)10-24-17-16(11(2)25-15(23)9-22)26-19-18(17)27-20(3,4)28-19/h6-8,11,16-19H,5,9-10H2,1-4H3/t11-,16-,17+,18-,19-/m1/s1. The van der Waals surface area contributed by atoms with Crippen molar-refractivity contribution in [3.63, 3.8) is 0 Å². The van der Waals surface area contributed by atoms with Gasteiger partial charge >= 0.3 is 5.97 Å². The first-order chi connectivity index (χ1) is 13.2. The number of alkyl halides is 1. The highest BCUT2D eigenvalue weighted by Gasteiger charge is 2.57. The second-order valence-electron chi connectivity index (χ2n) is 7.45. The van der Waals surface area contributed by atoms with E-state index in [-0.39, 0.29) is 5.88 Å². The maximum Gasteiger partial charge on any atom is 0.321 e. The number of fused-ring (bicyclic) bond motifs is 1. The lowest BCUT2D eigenvalue weighted by Gasteiger charge is -2.29. The molecule has 2 heterocycles. The molecular weight excluding hydrogens is 452 g/mol. The number of rotatable bonds is 7. The fourth-order valence-corrected chi connectivity index (χ4v) is 4.15. The van der Waals surface area contributed by atoms with Crippen LogP contribution in [0, 0.1) is 0 Å². The predicted octanol–water partition coefficient (Wildman–Crippen LogP) is 3.94. The van der Waals surface area contributed by atoms with Crippen molar-refractivity contribution in [1.29, 1.82) is 0 Å². The molecule has 0 spiro atoms. The molecule has 1 aromatic rings. The Hall–Kier alpha value is -0.700. The number of hydrogen-bond acceptors (Lipinski definition) is 6. The van der Waals surface area contributed by atoms with Crippen molar-refractivity contribution < 1.29 is 28.5 Å². The van der Waals surface area contributed by atoms with Crippen LogP contribution in [-0.4, -0.2) is 48.3 Å². The molecule has 2 saturated heterocycles. The maximum absolute atomic E-state index is 11.6. The SMILES string of the molecule is CCc1cc(CO[C@@H]2[C@H]3OC(C)(C)O[C@H]3O[C@@H]2[C@@H](C)OC(=O)CCl)ccc1Br. The molecule has 0 amide bonds. The minimum Gasteiger partial charge on any atom is -0.459 e. The van der Waals surface area contributed by atoms with Crippen molar-refractivity contribution in [1.82, 2.24) is 0 Å². The number of carbonyl (C=O) groups excluding carboxylic acids is 1. The van der Waals surface area contributed by atoms with Crippen LogP contribution in [0.3, 0.4) is 0 Å². The smallest absolute Gasteiger partial charge is 0.321 e. The molecule has 5 atom stereocenters. The monoisotopic (exact) mass is 476 g/mol. The third-order valence-corrected chi connectivity index (χ3v) is 5.84. The first-order valence-electron chi connectivity index (χ1n) is 9.39. The van der Waals surface area contributed by atoms with Crippen LogP contribution in [0.5, 0.6) is 0 Å². The van der Waals surface area contributed by atoms with Gasteiger partial charge in [0.15, 0.2) is 12.1 Å². The van der Waals surface area contributed by atoms with E-state index >= 15 is 0 Å². The number of halogens is 2. The van der Waals surface area contributed by atoms with Crippen LogP contribution in [0.2, 0.25) is 0 Å². The number of hydrogen-bond donors (Lipinski definition) is 0. The number of benzene rings is 1. The average Bonchev–Trinajstić information content (AvgIpc) is 3.12. The van der Waals surface area contributed by atoms with Gasteiger partial charge in [0.25, 0.3) is 0 Å². The van der Waals surface area contributed by atoms with Gasteiger partial charge in [-0.3, -0.25) is 4.79 Å². The number of aryl methyl sites for hydroxylation is 1. The van der Waals surface area contributed by atoms with Crippen molar-refractivity contribution >= 4 is 33.5 Å². The van der Waals surface area contributed by atoms with Crippen LogP contribution in [0.4, 0.5) is 0 Å². The van der Waals surface area contributed by atoms with E-state index in [0.29, 0.717) is 6.61 Å². The molecule has 6 nitrogen and oxygen atoms in total. The Morgan fingerprint density at radius 1 is 1.36 bits per heavy atom. The zero-order valence-electron chi connectivity index (χ0n) is 16.4. The van der Waals surface area contributed by atoms with Gasteiger partial charge in [-0.25, -0.2) is 0 Å². The number of carbonyl (C=O) groups is 1. The van der Waals surface area contributed by atoms with Gasteiger partial charge in [0.1, 0.15) is 30.3 Å². The van der Waals surface area contributed by atoms with Crippen molar-refractivity contribution in [3.05, 3.63) is 33.8 Å². The Kier molecular flexibility index (Phi) is 7.05. The predicted molar refractivity (Wildman–Crippen MR) is 107 cm³/mol. The van der Waals surface area contributed by atoms with Gasteiger partial charge in [0, 0.05) is 4.47 Å². The van der Waals surface area contributed by atoms with E-state index in [4.69, 9.17) is 35.3 Å². The minimum absolute atomic E-state index is 0.214. The van der Waals surface area contributed by atoms with E-state index in [1.165, 1.54) is 5.56 Å². The minimum atomic E-state index is -0.759. The lowest BCUT2D eigenvalue weighted by atomic mass is 10.1. The Balaban J connectivity index is 1.74. The van der Waals surface area contributed by atoms with E-state index in [2.05, 4.69) is 28.9 Å². The van der Waals surface area contributed by atoms with Gasteiger partial charge in [-0.1, -0.05) is 35.0 Å². The summed E-state index contributed by atoms with van der Waals surface area (Å²) in [6, 6.07) is 6.14. The van der Waals surface area contributed by atoms with Crippen LogP contribution in [0.1, 0.15) is 38.8 Å². The van der Waals surface area contributed by atoms with E-state index in [0.717, 1.165) is 16.5 Å². The molecule has 0 unspecified atom stereocenters. The molecule has 156 valence electrons. The summed E-state index contributed by atoms with van der Waals surface area (Å²) in [6.07, 6.45) is -1.56. The third kappa shape index (κ3) is 4.89. The summed E-state index contributed by atoms with van der Waals surface area (Å²) in [5, 5.41) is 0. The summed E-state index contributed by atoms with van der Waals surface area (Å²) in [7, 11) is 0. The molecule has 0 radical (unpaired) electrons. The third-order valence-electron chi connectivity index (χ3n) is 4.85. The van der Waals surface area contributed by atoms with Gasteiger partial charge in [0.2, 0.25) is 0 Å². The molecule has 3 rings (SSSR count). The van der Waals surface area contributed by atoms with Crippen LogP contribution in [0.25, 0.3) is 0 Å². The summed E-state index contributed by atoms with van der Waals surface area (Å²) in [4.78, 5) is 11.6. The molecule has 2 aliphatic heterocycles. The van der Waals surface area contributed by atoms with Crippen molar-refractivity contribution in [2.45, 2.75) is 77.2 Å². The van der Waals surface area contributed by atoms with E-state index in [9.17, 15) is 4.79 Å². The second-order valence-corrected chi connectivity index (χ2v) is 8.57. The highest BCUT2D eigenvalue weighted by molar-refractivity contribution is 9.10. The van der Waals surface area contributed by atoms with Gasteiger partial charge in [-0.15, -0.1) is 11.6 Å². The van der Waals surface area contributed by atoms with Gasteiger partial charge < -0.3 is 23.7 Å². The van der Waals surface area contributed by atoms with Crippen LogP contribution in [0.15, 0.2) is 22.7 Å². The normalized spacial score (nSPS) is 29.5. The van der Waals surface area contributed by atoms with Crippen molar-refractivity contribution in [2.75, 3.05) is 5.88 Å². The van der Waals surface area contributed by atoms with Crippen molar-refractivity contribution in [2.24, 2.45) is 0 Å². The number of esters is 1. The molecular formula is C20H26BrClO6. The van der Waals surface area contributed by atoms with E-state index in [1.54, 1.807) is 6.92 Å². The Labute approximate surface area is 178 Å². The molecule has 0 bridgehead atoms. The number of ether oxygens (including phenoxy) is 5. The molecule has 0 N–H and O–H groups in total. The maximum atomic E-state index is 11.6. The Morgan fingerprint density at radius 3 is 2.79 bits per heavy atom. The zero-order chi connectivity index (χ0) is 20.5. The largest absolute Gasteiger partial charge is 0.459 e. The molecule has 0 saturated carbocycles. The van der Waals surface area contributed by atoms with Crippen LogP contribution < -0.4 is 0 Å². The summed E-state index contributed by atoms with van der Waals surface area (Å²) in [5.74, 6) is -1.48. The van der Waals surface area contributed by atoms with Crippen LogP contribution >= 0.6 is 27.5 Å². The lowest BCUT2D eigenvalue weighted by molar-refractivity contribution is -0.231. The molecule has 8 heteroatoms. The molecule has 0 aromatic heterocycles. The summed E-state index contributed by atoms with van der Waals surface area (Å²) >= 11 is 9.11. The Bertz CT molecular complexity index is 712. The van der Waals surface area contributed by atoms with Crippen LogP contribution in [-0.2, 0) is 41.5 Å². The van der Waals surface area contributed by atoms with Gasteiger partial charge in [-0.2, -0.15) is 0 Å². The summed E-state index contributed by atoms with van der Waals surface area (Å²) < 4.78 is 30.5. The lowest BCUT2D eigenvalue weighted by Crippen LogP contribution is -2.43. The first-order valence-corrected chi connectivity index (χ1v) is 10.7. The molecule has 2 aliphatic rings. The zero-order valence-corrected chi connectivity index (χ0v) is 18.8. The fraction of sp³-hybridized carbons (Fsp3) is 0.650. The van der Waals surface area contributed by atoms with Crippen molar-refractivity contribution in [3.8, 4) is 0 Å². The van der Waals surface area contributed by atoms with Gasteiger partial charge in [-0.05, 0) is 44.4 Å². The topological polar surface area (TPSA) is 63.2 Å². The first kappa shape index (κ1) is 22.0. The second kappa shape index (κ2) is 8.98. The molecule has 28 heavy (non-hydrogen) atoms. The summed E-state index contributed by atoms with van der Waals surface area (Å²) in [5.41, 5.74) is 2.26. The quantitative estimate of drug-likeness (QED) is 0.438. The highest BCUT2D eigenvalue weighted by Crippen LogP contribution is 2.40. The van der Waals surface area contributed by atoms with E-state index < -0.39 is 42.5 Å². The van der Waals surface area contributed by atoms with E-state index in [1.807, 2.05) is 26.0 Å². The Morgan fingerprint density at radius 2 is 2.11 bits per heavy atom. The molecule has 0 aliphatic carbocycles. The summed E-state index contributed by atoms with van der Waals surface area (Å²) in [6.45, 7) is 7.91.